The maximum absolute atomic E-state index is 5.81. The zero-order valence-corrected chi connectivity index (χ0v) is 16.9. The minimum atomic E-state index is 0.312. The topological polar surface area (TPSA) is 51.1 Å². The molecule has 2 aromatic heterocycles. The molecule has 0 radical (unpaired) electrons. The first-order valence-corrected chi connectivity index (χ1v) is 9.76. The number of pyridine rings is 1. The molecule has 0 amide bonds. The molecule has 2 heterocycles. The maximum atomic E-state index is 5.81. The molecule has 0 aliphatic rings. The van der Waals surface area contributed by atoms with Crippen molar-refractivity contribution in [3.8, 4) is 11.8 Å². The SMILES string of the molecule is CC(C)Cc1ccc(N(C)c2ccc(Oc3ncc4ccncc4n3)cc2)cc1. The first kappa shape index (κ1) is 18.9. The fraction of sp³-hybridized carbons (Fsp3) is 0.208. The van der Waals surface area contributed by atoms with Crippen LogP contribution in [-0.4, -0.2) is 22.0 Å². The Kier molecular flexibility index (Phi) is 5.38. The van der Waals surface area contributed by atoms with Gasteiger partial charge in [0, 0.05) is 36.2 Å². The van der Waals surface area contributed by atoms with Gasteiger partial charge in [-0.1, -0.05) is 26.0 Å². The highest BCUT2D eigenvalue weighted by molar-refractivity contribution is 5.76. The lowest BCUT2D eigenvalue weighted by Gasteiger charge is -2.20. The predicted octanol–water partition coefficient (Wildman–Crippen LogP) is 5.78. The molecule has 0 spiro atoms. The highest BCUT2D eigenvalue weighted by atomic mass is 16.5. The van der Waals surface area contributed by atoms with Crippen molar-refractivity contribution in [2.45, 2.75) is 20.3 Å². The average molecular weight is 384 g/mol. The van der Waals surface area contributed by atoms with Gasteiger partial charge in [-0.3, -0.25) is 4.98 Å². The second kappa shape index (κ2) is 8.27. The summed E-state index contributed by atoms with van der Waals surface area (Å²) in [5, 5.41) is 0.934. The summed E-state index contributed by atoms with van der Waals surface area (Å²) in [6.07, 6.45) is 6.26. The van der Waals surface area contributed by atoms with Crippen molar-refractivity contribution in [3.05, 3.63) is 78.8 Å². The highest BCUT2D eigenvalue weighted by Gasteiger charge is 2.07. The summed E-state index contributed by atoms with van der Waals surface area (Å²) in [6.45, 7) is 4.48. The van der Waals surface area contributed by atoms with Crippen LogP contribution in [0.5, 0.6) is 11.8 Å². The van der Waals surface area contributed by atoms with Crippen molar-refractivity contribution in [3.63, 3.8) is 0 Å². The molecule has 0 fully saturated rings. The van der Waals surface area contributed by atoms with Crippen molar-refractivity contribution in [2.24, 2.45) is 5.92 Å². The van der Waals surface area contributed by atoms with Gasteiger partial charge < -0.3 is 9.64 Å². The molecule has 0 unspecified atom stereocenters. The zero-order valence-electron chi connectivity index (χ0n) is 16.9. The summed E-state index contributed by atoms with van der Waals surface area (Å²) in [6, 6.07) is 18.8. The molecular weight excluding hydrogens is 360 g/mol. The second-order valence-corrected chi connectivity index (χ2v) is 7.51. The van der Waals surface area contributed by atoms with E-state index in [0.29, 0.717) is 17.7 Å². The third-order valence-electron chi connectivity index (χ3n) is 4.76. The minimum Gasteiger partial charge on any atom is -0.424 e. The lowest BCUT2D eigenvalue weighted by molar-refractivity contribution is 0.444. The van der Waals surface area contributed by atoms with Crippen molar-refractivity contribution in [1.82, 2.24) is 15.0 Å². The molecule has 0 N–H and O–H groups in total. The first-order chi connectivity index (χ1) is 14.1. The number of aromatic nitrogens is 3. The van der Waals surface area contributed by atoms with Crippen LogP contribution >= 0.6 is 0 Å². The molecule has 0 aliphatic carbocycles. The summed E-state index contributed by atoms with van der Waals surface area (Å²) >= 11 is 0. The van der Waals surface area contributed by atoms with E-state index in [1.165, 1.54) is 5.56 Å². The van der Waals surface area contributed by atoms with E-state index in [2.05, 4.69) is 65.0 Å². The third-order valence-corrected chi connectivity index (χ3v) is 4.76. The van der Waals surface area contributed by atoms with E-state index >= 15 is 0 Å². The highest BCUT2D eigenvalue weighted by Crippen LogP contribution is 2.27. The van der Waals surface area contributed by atoms with Gasteiger partial charge in [-0.25, -0.2) is 4.98 Å². The predicted molar refractivity (Wildman–Crippen MR) is 117 cm³/mol. The van der Waals surface area contributed by atoms with Crippen LogP contribution in [0.4, 0.5) is 11.4 Å². The fourth-order valence-electron chi connectivity index (χ4n) is 3.22. The lowest BCUT2D eigenvalue weighted by atomic mass is 10.0. The normalized spacial score (nSPS) is 11.0. The van der Waals surface area contributed by atoms with Crippen molar-refractivity contribution in [1.29, 1.82) is 0 Å². The fourth-order valence-corrected chi connectivity index (χ4v) is 3.22. The maximum Gasteiger partial charge on any atom is 0.322 e. The van der Waals surface area contributed by atoms with E-state index in [4.69, 9.17) is 4.74 Å². The van der Waals surface area contributed by atoms with Crippen LogP contribution in [0.1, 0.15) is 19.4 Å². The molecular formula is C24H24N4O. The van der Waals surface area contributed by atoms with Gasteiger partial charge in [-0.2, -0.15) is 4.98 Å². The molecule has 146 valence electrons. The summed E-state index contributed by atoms with van der Waals surface area (Å²) < 4.78 is 5.81. The van der Waals surface area contributed by atoms with Crippen LogP contribution in [0.25, 0.3) is 10.9 Å². The Hall–Kier alpha value is -3.47. The molecule has 5 heteroatoms. The standard InChI is InChI=1S/C24H24N4O/c1-17(2)14-18-4-6-20(7-5-18)28(3)21-8-10-22(11-9-21)29-24-26-15-19-12-13-25-16-23(19)27-24/h4-13,15-17H,14H2,1-3H3. The quantitative estimate of drug-likeness (QED) is 0.421. The van der Waals surface area contributed by atoms with Gasteiger partial charge in [0.15, 0.2) is 0 Å². The third kappa shape index (κ3) is 4.51. The second-order valence-electron chi connectivity index (χ2n) is 7.51. The number of hydrogen-bond donors (Lipinski definition) is 0. The van der Waals surface area contributed by atoms with Gasteiger partial charge in [-0.05, 0) is 60.4 Å². The van der Waals surface area contributed by atoms with Crippen molar-refractivity contribution >= 4 is 22.3 Å². The molecule has 4 rings (SSSR count). The molecule has 0 aliphatic heterocycles. The zero-order chi connectivity index (χ0) is 20.2. The monoisotopic (exact) mass is 384 g/mol. The van der Waals surface area contributed by atoms with Crippen molar-refractivity contribution < 1.29 is 4.74 Å². The van der Waals surface area contributed by atoms with Crippen LogP contribution in [0.15, 0.2) is 73.2 Å². The first-order valence-electron chi connectivity index (χ1n) is 9.76. The molecule has 5 nitrogen and oxygen atoms in total. The van der Waals surface area contributed by atoms with Gasteiger partial charge in [0.2, 0.25) is 0 Å². The number of hydrogen-bond acceptors (Lipinski definition) is 5. The number of ether oxygens (including phenoxy) is 1. The minimum absolute atomic E-state index is 0.312. The molecule has 0 saturated heterocycles. The Labute approximate surface area is 171 Å². The van der Waals surface area contributed by atoms with E-state index in [1.54, 1.807) is 18.6 Å². The Morgan fingerprint density at radius 2 is 1.59 bits per heavy atom. The Balaban J connectivity index is 1.46. The largest absolute Gasteiger partial charge is 0.424 e. The van der Waals surface area contributed by atoms with E-state index in [-0.39, 0.29) is 0 Å². The Bertz CT molecular complexity index is 1090. The van der Waals surface area contributed by atoms with Gasteiger partial charge in [0.05, 0.1) is 11.7 Å². The van der Waals surface area contributed by atoms with E-state index in [1.807, 2.05) is 30.3 Å². The Morgan fingerprint density at radius 1 is 0.897 bits per heavy atom. The summed E-state index contributed by atoms with van der Waals surface area (Å²) in [5.74, 6) is 1.35. The lowest BCUT2D eigenvalue weighted by Crippen LogP contribution is -2.09. The number of fused-ring (bicyclic) bond motifs is 1. The summed E-state index contributed by atoms with van der Waals surface area (Å²) in [7, 11) is 2.06. The van der Waals surface area contributed by atoms with Crippen LogP contribution in [0.2, 0.25) is 0 Å². The van der Waals surface area contributed by atoms with Gasteiger partial charge in [-0.15, -0.1) is 0 Å². The molecule has 29 heavy (non-hydrogen) atoms. The average Bonchev–Trinajstić information content (AvgIpc) is 2.74. The van der Waals surface area contributed by atoms with E-state index in [0.717, 1.165) is 28.7 Å². The van der Waals surface area contributed by atoms with E-state index < -0.39 is 0 Å². The van der Waals surface area contributed by atoms with Crippen LogP contribution in [0, 0.1) is 5.92 Å². The smallest absolute Gasteiger partial charge is 0.322 e. The van der Waals surface area contributed by atoms with Crippen molar-refractivity contribution in [2.75, 3.05) is 11.9 Å². The number of rotatable bonds is 6. The molecule has 0 saturated carbocycles. The Morgan fingerprint density at radius 3 is 2.28 bits per heavy atom. The number of anilines is 2. The van der Waals surface area contributed by atoms with Gasteiger partial charge in [0.1, 0.15) is 5.75 Å². The summed E-state index contributed by atoms with van der Waals surface area (Å²) in [4.78, 5) is 14.9. The summed E-state index contributed by atoms with van der Waals surface area (Å²) in [5.41, 5.74) is 4.36. The number of nitrogens with zero attached hydrogens (tertiary/aromatic N) is 4. The van der Waals surface area contributed by atoms with Crippen LogP contribution in [-0.2, 0) is 6.42 Å². The van der Waals surface area contributed by atoms with Gasteiger partial charge >= 0.3 is 6.01 Å². The molecule has 2 aromatic carbocycles. The number of benzene rings is 2. The molecule has 0 bridgehead atoms. The van der Waals surface area contributed by atoms with Crippen LogP contribution in [0.3, 0.4) is 0 Å². The molecule has 4 aromatic rings. The molecule has 0 atom stereocenters. The van der Waals surface area contributed by atoms with Crippen LogP contribution < -0.4 is 9.64 Å². The van der Waals surface area contributed by atoms with E-state index in [9.17, 15) is 0 Å². The van der Waals surface area contributed by atoms with Gasteiger partial charge in [0.25, 0.3) is 0 Å².